The highest BCUT2D eigenvalue weighted by Gasteiger charge is 1.90. The lowest BCUT2D eigenvalue weighted by molar-refractivity contribution is -0.236. The van der Waals surface area contributed by atoms with Crippen molar-refractivity contribution in [3.8, 4) is 0 Å². The SMILES string of the molecule is C=CC(=O)NC.COC(O)OC. The van der Waals surface area contributed by atoms with E-state index in [-0.39, 0.29) is 5.91 Å². The predicted molar refractivity (Wildman–Crippen MR) is 44.3 cm³/mol. The standard InChI is InChI=1S/C4H7NO.C3H8O3/c1-3-4(6)5-2;1-5-3(4)6-2/h3H,1H2,2H3,(H,5,6);3-4H,1-2H3. The molecule has 72 valence electrons. The van der Waals surface area contributed by atoms with Crippen LogP contribution in [0.25, 0.3) is 0 Å². The Labute approximate surface area is 72.0 Å². The van der Waals surface area contributed by atoms with Gasteiger partial charge in [-0.25, -0.2) is 0 Å². The highest BCUT2D eigenvalue weighted by atomic mass is 16.8. The van der Waals surface area contributed by atoms with E-state index in [4.69, 9.17) is 5.11 Å². The molecular weight excluding hydrogens is 162 g/mol. The topological polar surface area (TPSA) is 67.8 Å². The Bertz CT molecular complexity index is 123. The molecule has 0 aliphatic carbocycles. The van der Waals surface area contributed by atoms with Crippen LogP contribution in [-0.4, -0.2) is 38.8 Å². The lowest BCUT2D eigenvalue weighted by Crippen LogP contribution is -2.13. The van der Waals surface area contributed by atoms with Crippen LogP contribution in [0.2, 0.25) is 0 Å². The summed E-state index contributed by atoms with van der Waals surface area (Å²) in [5, 5.41) is 10.6. The quantitative estimate of drug-likeness (QED) is 0.449. The summed E-state index contributed by atoms with van der Waals surface area (Å²) in [5.41, 5.74) is 0. The maximum Gasteiger partial charge on any atom is 0.268 e. The highest BCUT2D eigenvalue weighted by molar-refractivity contribution is 5.86. The maximum atomic E-state index is 9.95. The largest absolute Gasteiger partial charge is 0.356 e. The number of hydrogen-bond donors (Lipinski definition) is 2. The van der Waals surface area contributed by atoms with E-state index in [1.165, 1.54) is 20.3 Å². The van der Waals surface area contributed by atoms with Crippen LogP contribution in [0, 0.1) is 0 Å². The number of aliphatic hydroxyl groups excluding tert-OH is 1. The summed E-state index contributed by atoms with van der Waals surface area (Å²) in [6, 6.07) is 0. The molecule has 0 atom stereocenters. The van der Waals surface area contributed by atoms with E-state index in [0.29, 0.717) is 0 Å². The zero-order valence-electron chi connectivity index (χ0n) is 7.53. The first-order valence-corrected chi connectivity index (χ1v) is 3.20. The average molecular weight is 177 g/mol. The average Bonchev–Trinajstić information content (AvgIpc) is 2.16. The molecule has 0 spiro atoms. The van der Waals surface area contributed by atoms with Crippen molar-refractivity contribution in [1.82, 2.24) is 5.32 Å². The van der Waals surface area contributed by atoms with Crippen molar-refractivity contribution in [3.05, 3.63) is 12.7 Å². The fourth-order valence-corrected chi connectivity index (χ4v) is 0.198. The zero-order chi connectivity index (χ0) is 9.98. The molecule has 2 N–H and O–H groups in total. The predicted octanol–water partition coefficient (Wildman–Crippen LogP) is -0.527. The molecular formula is C7H15NO4. The number of amides is 1. The number of carbonyl (C=O) groups is 1. The first-order valence-electron chi connectivity index (χ1n) is 3.20. The van der Waals surface area contributed by atoms with Crippen LogP contribution in [-0.2, 0) is 14.3 Å². The van der Waals surface area contributed by atoms with Crippen LogP contribution in [0.1, 0.15) is 0 Å². The maximum absolute atomic E-state index is 9.95. The van der Waals surface area contributed by atoms with Crippen molar-refractivity contribution < 1.29 is 19.4 Å². The van der Waals surface area contributed by atoms with Crippen molar-refractivity contribution in [3.63, 3.8) is 0 Å². The van der Waals surface area contributed by atoms with Gasteiger partial charge in [-0.05, 0) is 6.08 Å². The molecule has 5 nitrogen and oxygen atoms in total. The lowest BCUT2D eigenvalue weighted by atomic mass is 10.6. The summed E-state index contributed by atoms with van der Waals surface area (Å²) < 4.78 is 8.47. The molecule has 0 aromatic rings. The minimum absolute atomic E-state index is 0.144. The Morgan fingerprint density at radius 2 is 2.00 bits per heavy atom. The number of carbonyl (C=O) groups excluding carboxylic acids is 1. The molecule has 0 unspecified atom stereocenters. The third kappa shape index (κ3) is 11.8. The molecule has 0 rings (SSSR count). The van der Waals surface area contributed by atoms with Crippen LogP contribution in [0.4, 0.5) is 0 Å². The van der Waals surface area contributed by atoms with Gasteiger partial charge >= 0.3 is 0 Å². The van der Waals surface area contributed by atoms with E-state index in [9.17, 15) is 4.79 Å². The molecule has 0 aromatic carbocycles. The summed E-state index contributed by atoms with van der Waals surface area (Å²) in [7, 11) is 4.27. The Morgan fingerprint density at radius 1 is 1.58 bits per heavy atom. The highest BCUT2D eigenvalue weighted by Crippen LogP contribution is 1.78. The summed E-state index contributed by atoms with van der Waals surface area (Å²) in [6.07, 6.45) is 1.22. The molecule has 0 aliphatic heterocycles. The number of methoxy groups -OCH3 is 2. The van der Waals surface area contributed by atoms with Gasteiger partial charge in [-0.1, -0.05) is 6.58 Å². The fraction of sp³-hybridized carbons (Fsp3) is 0.571. The molecule has 0 fully saturated rings. The zero-order valence-corrected chi connectivity index (χ0v) is 7.53. The van der Waals surface area contributed by atoms with Gasteiger partial charge in [0.05, 0.1) is 0 Å². The second-order valence-corrected chi connectivity index (χ2v) is 1.60. The minimum Gasteiger partial charge on any atom is -0.356 e. The molecule has 12 heavy (non-hydrogen) atoms. The van der Waals surface area contributed by atoms with E-state index in [2.05, 4.69) is 21.4 Å². The Hall–Kier alpha value is -0.910. The van der Waals surface area contributed by atoms with E-state index >= 15 is 0 Å². The lowest BCUT2D eigenvalue weighted by Gasteiger charge is -2.01. The summed E-state index contributed by atoms with van der Waals surface area (Å²) >= 11 is 0. The fourth-order valence-electron chi connectivity index (χ4n) is 0.198. The number of likely N-dealkylation sites (N-methyl/N-ethyl adjacent to an activating group) is 1. The number of rotatable bonds is 3. The summed E-state index contributed by atoms with van der Waals surface area (Å²) in [6.45, 7) is 2.15. The molecule has 1 amide bonds. The van der Waals surface area contributed by atoms with Gasteiger partial charge in [0, 0.05) is 21.3 Å². The van der Waals surface area contributed by atoms with Crippen LogP contribution in [0.15, 0.2) is 12.7 Å². The molecule has 0 aliphatic rings. The van der Waals surface area contributed by atoms with Crippen molar-refractivity contribution in [2.24, 2.45) is 0 Å². The third-order valence-corrected chi connectivity index (χ3v) is 0.835. The minimum atomic E-state index is -1.06. The summed E-state index contributed by atoms with van der Waals surface area (Å²) in [5.74, 6) is -0.144. The molecule has 0 saturated heterocycles. The second-order valence-electron chi connectivity index (χ2n) is 1.60. The molecule has 0 aromatic heterocycles. The van der Waals surface area contributed by atoms with Crippen molar-refractivity contribution >= 4 is 5.91 Å². The van der Waals surface area contributed by atoms with E-state index < -0.39 is 6.48 Å². The van der Waals surface area contributed by atoms with Gasteiger partial charge in [-0.3, -0.25) is 4.79 Å². The molecule has 0 radical (unpaired) electrons. The van der Waals surface area contributed by atoms with Crippen LogP contribution < -0.4 is 5.32 Å². The van der Waals surface area contributed by atoms with Gasteiger partial charge in [0.25, 0.3) is 6.48 Å². The number of ether oxygens (including phenoxy) is 2. The van der Waals surface area contributed by atoms with Gasteiger partial charge in [0.2, 0.25) is 5.91 Å². The van der Waals surface area contributed by atoms with E-state index in [1.54, 1.807) is 7.05 Å². The summed E-state index contributed by atoms with van der Waals surface area (Å²) in [4.78, 5) is 9.95. The first kappa shape index (κ1) is 13.7. The number of nitrogens with one attached hydrogen (secondary N) is 1. The number of hydrogen-bond acceptors (Lipinski definition) is 4. The van der Waals surface area contributed by atoms with Crippen LogP contribution in [0.5, 0.6) is 0 Å². The smallest absolute Gasteiger partial charge is 0.268 e. The normalized spacial score (nSPS) is 8.42. The third-order valence-electron chi connectivity index (χ3n) is 0.835. The first-order chi connectivity index (χ1) is 5.62. The van der Waals surface area contributed by atoms with Gasteiger partial charge < -0.3 is 19.9 Å². The Morgan fingerprint density at radius 3 is 2.00 bits per heavy atom. The number of aliphatic hydroxyl groups is 1. The van der Waals surface area contributed by atoms with Crippen molar-refractivity contribution in [2.75, 3.05) is 21.3 Å². The Balaban J connectivity index is 0. The van der Waals surface area contributed by atoms with Gasteiger partial charge in [0.1, 0.15) is 0 Å². The Kier molecular flexibility index (Phi) is 11.5. The van der Waals surface area contributed by atoms with E-state index in [0.717, 1.165) is 0 Å². The van der Waals surface area contributed by atoms with Gasteiger partial charge in [0.15, 0.2) is 0 Å². The van der Waals surface area contributed by atoms with Crippen LogP contribution >= 0.6 is 0 Å². The van der Waals surface area contributed by atoms with Gasteiger partial charge in [-0.15, -0.1) is 0 Å². The van der Waals surface area contributed by atoms with Crippen molar-refractivity contribution in [1.29, 1.82) is 0 Å². The van der Waals surface area contributed by atoms with Crippen LogP contribution in [0.3, 0.4) is 0 Å². The molecule has 5 heteroatoms. The molecule has 0 heterocycles. The molecule has 0 bridgehead atoms. The van der Waals surface area contributed by atoms with Gasteiger partial charge in [-0.2, -0.15) is 0 Å². The second kappa shape index (κ2) is 10.1. The van der Waals surface area contributed by atoms with Crippen molar-refractivity contribution in [2.45, 2.75) is 6.48 Å². The monoisotopic (exact) mass is 177 g/mol. The van der Waals surface area contributed by atoms with E-state index in [1.807, 2.05) is 0 Å². The molecule has 0 saturated carbocycles.